The van der Waals surface area contributed by atoms with Gasteiger partial charge >= 0.3 is 5.35 Å². The Kier molecular flexibility index (Phi) is 2.39. The predicted molar refractivity (Wildman–Crippen MR) is 49.7 cm³/mol. The van der Waals surface area contributed by atoms with Gasteiger partial charge in [-0.2, -0.15) is 0 Å². The Labute approximate surface area is 88.5 Å². The van der Waals surface area contributed by atoms with Crippen molar-refractivity contribution in [3.8, 4) is 11.5 Å². The van der Waals surface area contributed by atoms with Gasteiger partial charge in [0, 0.05) is 0 Å². The van der Waals surface area contributed by atoms with Gasteiger partial charge < -0.3 is 4.42 Å². The molecule has 14 heavy (non-hydrogen) atoms. The molecular weight excluding hydrogens is 230 g/mol. The molecule has 0 aliphatic carbocycles. The van der Waals surface area contributed by atoms with Gasteiger partial charge in [0.1, 0.15) is 5.82 Å². The summed E-state index contributed by atoms with van der Waals surface area (Å²) in [5, 5.41) is 6.85. The van der Waals surface area contributed by atoms with Crippen molar-refractivity contribution < 1.29 is 8.81 Å². The van der Waals surface area contributed by atoms with Gasteiger partial charge in [-0.25, -0.2) is 4.39 Å². The Morgan fingerprint density at radius 2 is 2.00 bits per heavy atom. The second-order valence-corrected chi connectivity index (χ2v) is 3.16. The van der Waals surface area contributed by atoms with E-state index >= 15 is 0 Å². The molecular formula is C8H3Cl2FN2O. The normalized spacial score (nSPS) is 10.5. The molecule has 0 radical (unpaired) electrons. The number of hydrogen-bond acceptors (Lipinski definition) is 3. The summed E-state index contributed by atoms with van der Waals surface area (Å²) in [6.45, 7) is 0. The van der Waals surface area contributed by atoms with Crippen molar-refractivity contribution in [2.24, 2.45) is 0 Å². The molecule has 3 nitrogen and oxygen atoms in total. The van der Waals surface area contributed by atoms with Crippen molar-refractivity contribution >= 4 is 23.2 Å². The van der Waals surface area contributed by atoms with Crippen LogP contribution in [0.2, 0.25) is 10.4 Å². The zero-order valence-corrected chi connectivity index (χ0v) is 8.18. The first-order chi connectivity index (χ1) is 6.68. The molecule has 0 aliphatic heterocycles. The molecule has 2 aromatic rings. The second kappa shape index (κ2) is 3.55. The summed E-state index contributed by atoms with van der Waals surface area (Å²) in [5.74, 6) is -0.446. The summed E-state index contributed by atoms with van der Waals surface area (Å²) in [6, 6.07) is 4.30. The van der Waals surface area contributed by atoms with Crippen LogP contribution in [0.4, 0.5) is 4.39 Å². The molecule has 0 N–H and O–H groups in total. The number of benzene rings is 1. The van der Waals surface area contributed by atoms with Gasteiger partial charge in [-0.15, -0.1) is 5.10 Å². The van der Waals surface area contributed by atoms with Crippen LogP contribution in [0.5, 0.6) is 0 Å². The van der Waals surface area contributed by atoms with E-state index in [0.717, 1.165) is 0 Å². The summed E-state index contributed by atoms with van der Waals surface area (Å²) < 4.78 is 17.9. The molecule has 0 saturated heterocycles. The molecule has 0 spiro atoms. The topological polar surface area (TPSA) is 38.9 Å². The van der Waals surface area contributed by atoms with Gasteiger partial charge in [0.25, 0.3) is 5.89 Å². The maximum absolute atomic E-state index is 13.0. The fourth-order valence-electron chi connectivity index (χ4n) is 0.983. The molecule has 0 saturated carbocycles. The minimum Gasteiger partial charge on any atom is -0.407 e. The van der Waals surface area contributed by atoms with Crippen LogP contribution in [0.1, 0.15) is 0 Å². The highest BCUT2D eigenvalue weighted by atomic mass is 35.5. The van der Waals surface area contributed by atoms with E-state index in [4.69, 9.17) is 27.6 Å². The van der Waals surface area contributed by atoms with E-state index in [0.29, 0.717) is 5.56 Å². The van der Waals surface area contributed by atoms with Gasteiger partial charge in [0.05, 0.1) is 10.6 Å². The quantitative estimate of drug-likeness (QED) is 0.759. The van der Waals surface area contributed by atoms with Crippen molar-refractivity contribution in [2.45, 2.75) is 0 Å². The van der Waals surface area contributed by atoms with Crippen LogP contribution in [0.15, 0.2) is 22.6 Å². The van der Waals surface area contributed by atoms with E-state index in [9.17, 15) is 4.39 Å². The van der Waals surface area contributed by atoms with Crippen LogP contribution in [0.25, 0.3) is 11.5 Å². The van der Waals surface area contributed by atoms with Crippen LogP contribution >= 0.6 is 23.2 Å². The SMILES string of the molecule is Fc1cccc(-c2nnc(Cl)o2)c1Cl. The molecule has 6 heteroatoms. The Balaban J connectivity index is 2.57. The number of rotatable bonds is 1. The van der Waals surface area contributed by atoms with Gasteiger partial charge in [-0.3, -0.25) is 0 Å². The smallest absolute Gasteiger partial charge is 0.313 e. The summed E-state index contributed by atoms with van der Waals surface area (Å²) in [7, 11) is 0. The standard InChI is InChI=1S/C8H3Cl2FN2O/c9-6-4(2-1-3-5(6)11)7-12-13-8(10)14-7/h1-3H. The van der Waals surface area contributed by atoms with Crippen molar-refractivity contribution in [3.63, 3.8) is 0 Å². The molecule has 72 valence electrons. The maximum atomic E-state index is 13.0. The van der Waals surface area contributed by atoms with Crippen LogP contribution in [-0.2, 0) is 0 Å². The van der Waals surface area contributed by atoms with Gasteiger partial charge in [0.2, 0.25) is 0 Å². The largest absolute Gasteiger partial charge is 0.407 e. The third-order valence-electron chi connectivity index (χ3n) is 1.58. The molecule has 1 aromatic heterocycles. The zero-order chi connectivity index (χ0) is 10.1. The van der Waals surface area contributed by atoms with E-state index in [1.807, 2.05) is 0 Å². The predicted octanol–water partition coefficient (Wildman–Crippen LogP) is 3.18. The first-order valence-electron chi connectivity index (χ1n) is 3.62. The summed E-state index contributed by atoms with van der Waals surface area (Å²) in [4.78, 5) is 0. The van der Waals surface area contributed by atoms with Gasteiger partial charge in [0.15, 0.2) is 0 Å². The molecule has 1 aromatic carbocycles. The highest BCUT2D eigenvalue weighted by Crippen LogP contribution is 2.29. The number of aromatic nitrogens is 2. The van der Waals surface area contributed by atoms with E-state index in [2.05, 4.69) is 10.2 Å². The van der Waals surface area contributed by atoms with Gasteiger partial charge in [-0.1, -0.05) is 22.8 Å². The first kappa shape index (κ1) is 9.43. The molecule has 0 fully saturated rings. The highest BCUT2D eigenvalue weighted by Gasteiger charge is 2.13. The third kappa shape index (κ3) is 1.58. The molecule has 0 amide bonds. The van der Waals surface area contributed by atoms with E-state index < -0.39 is 5.82 Å². The summed E-state index contributed by atoms with van der Waals surface area (Å²) >= 11 is 11.1. The molecule has 2 rings (SSSR count). The average molecular weight is 233 g/mol. The summed E-state index contributed by atoms with van der Waals surface area (Å²) in [6.07, 6.45) is 0. The molecule has 0 unspecified atom stereocenters. The monoisotopic (exact) mass is 232 g/mol. The lowest BCUT2D eigenvalue weighted by Gasteiger charge is -1.98. The number of nitrogens with zero attached hydrogens (tertiary/aromatic N) is 2. The van der Waals surface area contributed by atoms with Gasteiger partial charge in [-0.05, 0) is 23.7 Å². The van der Waals surface area contributed by atoms with E-state index in [1.165, 1.54) is 12.1 Å². The summed E-state index contributed by atoms with van der Waals surface area (Å²) in [5.41, 5.74) is 0.325. The Morgan fingerprint density at radius 3 is 2.64 bits per heavy atom. The van der Waals surface area contributed by atoms with Crippen LogP contribution in [-0.4, -0.2) is 10.2 Å². The van der Waals surface area contributed by atoms with E-state index in [1.54, 1.807) is 6.07 Å². The molecule has 0 atom stereocenters. The first-order valence-corrected chi connectivity index (χ1v) is 4.37. The van der Waals surface area contributed by atoms with Crippen molar-refractivity contribution in [3.05, 3.63) is 34.4 Å². The van der Waals surface area contributed by atoms with Crippen molar-refractivity contribution in [1.29, 1.82) is 0 Å². The Bertz CT molecular complexity index is 472. The number of hydrogen-bond donors (Lipinski definition) is 0. The lowest BCUT2D eigenvalue weighted by molar-refractivity contribution is 0.569. The Hall–Kier alpha value is -1.13. The van der Waals surface area contributed by atoms with Crippen molar-refractivity contribution in [2.75, 3.05) is 0 Å². The molecule has 0 aliphatic rings. The van der Waals surface area contributed by atoms with Crippen LogP contribution in [0.3, 0.4) is 0 Å². The maximum Gasteiger partial charge on any atom is 0.313 e. The van der Waals surface area contributed by atoms with Crippen LogP contribution < -0.4 is 0 Å². The minimum atomic E-state index is -0.543. The number of halogens is 3. The fraction of sp³-hybridized carbons (Fsp3) is 0. The van der Waals surface area contributed by atoms with E-state index in [-0.39, 0.29) is 16.3 Å². The lowest BCUT2D eigenvalue weighted by Crippen LogP contribution is -1.83. The van der Waals surface area contributed by atoms with Crippen molar-refractivity contribution in [1.82, 2.24) is 10.2 Å². The average Bonchev–Trinajstić information content (AvgIpc) is 2.57. The fourth-order valence-corrected chi connectivity index (χ4v) is 1.30. The minimum absolute atomic E-state index is 0.0622. The third-order valence-corrected chi connectivity index (χ3v) is 2.12. The Morgan fingerprint density at radius 1 is 1.21 bits per heavy atom. The van der Waals surface area contributed by atoms with Crippen LogP contribution in [0, 0.1) is 5.82 Å². The molecule has 1 heterocycles. The lowest BCUT2D eigenvalue weighted by atomic mass is 10.2. The zero-order valence-electron chi connectivity index (χ0n) is 6.67. The highest BCUT2D eigenvalue weighted by molar-refractivity contribution is 6.33. The second-order valence-electron chi connectivity index (χ2n) is 2.46. The molecule has 0 bridgehead atoms.